The maximum absolute atomic E-state index is 11.5. The first kappa shape index (κ1) is 20.8. The average Bonchev–Trinajstić information content (AvgIpc) is 2.69. The van der Waals surface area contributed by atoms with E-state index in [0.29, 0.717) is 5.92 Å². The van der Waals surface area contributed by atoms with E-state index in [0.717, 1.165) is 45.3 Å². The normalized spacial score (nSPS) is 29.1. The van der Waals surface area contributed by atoms with Gasteiger partial charge >= 0.3 is 0 Å². The third-order valence-corrected chi connectivity index (χ3v) is 7.16. The predicted molar refractivity (Wildman–Crippen MR) is 114 cm³/mol. The predicted octanol–water partition coefficient (Wildman–Crippen LogP) is 4.65. The van der Waals surface area contributed by atoms with Gasteiger partial charge in [-0.25, -0.2) is 0 Å². The van der Waals surface area contributed by atoms with Gasteiger partial charge in [-0.05, 0) is 45.3 Å². The molecule has 0 spiro atoms. The fraction of sp³-hybridized carbons (Fsp3) is 0.750. The SMILES string of the molecule is CCCCC1(O)CCN(C2(c3ccccc3)CCCCC2)CC1CN(C)C. The summed E-state index contributed by atoms with van der Waals surface area (Å²) in [4.78, 5) is 5.03. The maximum atomic E-state index is 11.5. The number of unbranched alkanes of at least 4 members (excludes halogenated alkanes) is 1. The number of hydrogen-bond acceptors (Lipinski definition) is 3. The third-order valence-electron chi connectivity index (χ3n) is 7.16. The minimum absolute atomic E-state index is 0.177. The number of rotatable bonds is 7. The first-order chi connectivity index (χ1) is 13.0. The second kappa shape index (κ2) is 9.07. The standard InChI is InChI=1S/C24H40N2O/c1-4-5-16-24(27)17-18-26(20-22(24)19-25(2)3)23(14-10-7-11-15-23)21-12-8-6-9-13-21/h6,8-9,12-13,22,27H,4-5,7,10-11,14-20H2,1-3H3. The second-order valence-electron chi connectivity index (χ2n) is 9.32. The third kappa shape index (κ3) is 4.58. The first-order valence-electron chi connectivity index (χ1n) is 11.2. The molecule has 0 radical (unpaired) electrons. The molecule has 1 aliphatic carbocycles. The fourth-order valence-electron chi connectivity index (χ4n) is 5.60. The molecule has 1 N–H and O–H groups in total. The lowest BCUT2D eigenvalue weighted by Gasteiger charge is -2.54. The summed E-state index contributed by atoms with van der Waals surface area (Å²) in [6, 6.07) is 11.2. The molecule has 3 rings (SSSR count). The summed E-state index contributed by atoms with van der Waals surface area (Å²) >= 11 is 0. The number of likely N-dealkylation sites (tertiary alicyclic amines) is 1. The lowest BCUT2D eigenvalue weighted by atomic mass is 9.71. The highest BCUT2D eigenvalue weighted by Gasteiger charge is 2.47. The minimum atomic E-state index is -0.497. The van der Waals surface area contributed by atoms with E-state index in [-0.39, 0.29) is 5.54 Å². The van der Waals surface area contributed by atoms with Gasteiger partial charge in [0.05, 0.1) is 5.60 Å². The van der Waals surface area contributed by atoms with Crippen molar-refractivity contribution in [2.75, 3.05) is 33.7 Å². The molecule has 1 aromatic carbocycles. The molecule has 1 aromatic rings. The molecule has 2 atom stereocenters. The van der Waals surface area contributed by atoms with Crippen LogP contribution in [0.3, 0.4) is 0 Å². The van der Waals surface area contributed by atoms with Gasteiger partial charge in [0, 0.05) is 31.1 Å². The number of piperidine rings is 1. The minimum Gasteiger partial charge on any atom is -0.389 e. The van der Waals surface area contributed by atoms with E-state index in [1.165, 1.54) is 37.7 Å². The van der Waals surface area contributed by atoms with Gasteiger partial charge in [-0.3, -0.25) is 4.90 Å². The smallest absolute Gasteiger partial charge is 0.0712 e. The summed E-state index contributed by atoms with van der Waals surface area (Å²) in [5.74, 6) is 0.329. The van der Waals surface area contributed by atoms with Crippen molar-refractivity contribution in [3.05, 3.63) is 35.9 Å². The van der Waals surface area contributed by atoms with Crippen LogP contribution in [0.4, 0.5) is 0 Å². The summed E-state index contributed by atoms with van der Waals surface area (Å²) < 4.78 is 0. The van der Waals surface area contributed by atoms with E-state index in [1.54, 1.807) is 0 Å². The molecule has 2 aliphatic rings. The zero-order valence-corrected chi connectivity index (χ0v) is 17.8. The molecular weight excluding hydrogens is 332 g/mol. The van der Waals surface area contributed by atoms with Crippen LogP contribution in [0.2, 0.25) is 0 Å². The highest BCUT2D eigenvalue weighted by Crippen LogP contribution is 2.46. The van der Waals surface area contributed by atoms with Crippen molar-refractivity contribution in [3.63, 3.8) is 0 Å². The number of hydrogen-bond donors (Lipinski definition) is 1. The monoisotopic (exact) mass is 372 g/mol. The van der Waals surface area contributed by atoms with Crippen LogP contribution >= 0.6 is 0 Å². The largest absolute Gasteiger partial charge is 0.389 e. The average molecular weight is 373 g/mol. The molecule has 1 saturated carbocycles. The molecule has 2 unspecified atom stereocenters. The Bertz CT molecular complexity index is 567. The van der Waals surface area contributed by atoms with Gasteiger partial charge in [-0.2, -0.15) is 0 Å². The van der Waals surface area contributed by atoms with Gasteiger partial charge < -0.3 is 10.0 Å². The molecule has 1 aliphatic heterocycles. The molecule has 1 saturated heterocycles. The molecule has 0 aromatic heterocycles. The van der Waals surface area contributed by atoms with Crippen molar-refractivity contribution in [1.29, 1.82) is 0 Å². The van der Waals surface area contributed by atoms with Crippen LogP contribution in [-0.4, -0.2) is 54.2 Å². The molecule has 3 heteroatoms. The molecule has 0 amide bonds. The van der Waals surface area contributed by atoms with Crippen molar-refractivity contribution < 1.29 is 5.11 Å². The zero-order valence-electron chi connectivity index (χ0n) is 17.8. The van der Waals surface area contributed by atoms with Gasteiger partial charge in [0.25, 0.3) is 0 Å². The summed E-state index contributed by atoms with van der Waals surface area (Å²) in [5, 5.41) is 11.5. The molecule has 152 valence electrons. The van der Waals surface area contributed by atoms with Gasteiger partial charge in [-0.1, -0.05) is 69.4 Å². The molecule has 2 fully saturated rings. The van der Waals surface area contributed by atoms with Crippen molar-refractivity contribution >= 4 is 0 Å². The lowest BCUT2D eigenvalue weighted by Crippen LogP contribution is -2.60. The van der Waals surface area contributed by atoms with Crippen LogP contribution in [0.5, 0.6) is 0 Å². The Labute approximate surface area is 166 Å². The number of nitrogens with zero attached hydrogens (tertiary/aromatic N) is 2. The van der Waals surface area contributed by atoms with Crippen LogP contribution in [0.1, 0.15) is 70.3 Å². The zero-order chi connectivity index (χ0) is 19.3. The second-order valence-corrected chi connectivity index (χ2v) is 9.32. The van der Waals surface area contributed by atoms with E-state index in [9.17, 15) is 5.11 Å². The van der Waals surface area contributed by atoms with Gasteiger partial charge in [0.1, 0.15) is 0 Å². The Balaban J connectivity index is 1.86. The summed E-state index contributed by atoms with van der Waals surface area (Å²) in [7, 11) is 4.29. The molecule has 3 nitrogen and oxygen atoms in total. The summed E-state index contributed by atoms with van der Waals surface area (Å²) in [6.07, 6.45) is 10.7. The van der Waals surface area contributed by atoms with Crippen LogP contribution in [0.15, 0.2) is 30.3 Å². The van der Waals surface area contributed by atoms with Gasteiger partial charge in [-0.15, -0.1) is 0 Å². The topological polar surface area (TPSA) is 26.7 Å². The fourth-order valence-corrected chi connectivity index (χ4v) is 5.60. The molecule has 1 heterocycles. The number of aliphatic hydroxyl groups is 1. The van der Waals surface area contributed by atoms with Crippen molar-refractivity contribution in [2.24, 2.45) is 5.92 Å². The maximum Gasteiger partial charge on any atom is 0.0712 e. The van der Waals surface area contributed by atoms with Crippen LogP contribution in [-0.2, 0) is 5.54 Å². The van der Waals surface area contributed by atoms with Crippen LogP contribution < -0.4 is 0 Å². The molecular formula is C24H40N2O. The quantitative estimate of drug-likeness (QED) is 0.755. The summed E-state index contributed by atoms with van der Waals surface area (Å²) in [5.41, 5.74) is 1.17. The lowest BCUT2D eigenvalue weighted by molar-refractivity contribution is -0.114. The van der Waals surface area contributed by atoms with Gasteiger partial charge in [0.15, 0.2) is 0 Å². The number of benzene rings is 1. The molecule has 27 heavy (non-hydrogen) atoms. The van der Waals surface area contributed by atoms with E-state index in [1.807, 2.05) is 0 Å². The summed E-state index contributed by atoms with van der Waals surface area (Å²) in [6.45, 7) is 5.25. The highest BCUT2D eigenvalue weighted by molar-refractivity contribution is 5.26. The highest BCUT2D eigenvalue weighted by atomic mass is 16.3. The van der Waals surface area contributed by atoms with Gasteiger partial charge in [0.2, 0.25) is 0 Å². The Morgan fingerprint density at radius 1 is 1.07 bits per heavy atom. The van der Waals surface area contributed by atoms with Crippen molar-refractivity contribution in [2.45, 2.75) is 75.9 Å². The Kier molecular flexibility index (Phi) is 6.99. The van der Waals surface area contributed by atoms with E-state index >= 15 is 0 Å². The van der Waals surface area contributed by atoms with Crippen molar-refractivity contribution in [1.82, 2.24) is 9.80 Å². The van der Waals surface area contributed by atoms with Crippen LogP contribution in [0, 0.1) is 5.92 Å². The Hall–Kier alpha value is -0.900. The van der Waals surface area contributed by atoms with E-state index < -0.39 is 5.60 Å². The van der Waals surface area contributed by atoms with E-state index in [2.05, 4.69) is 61.2 Å². The van der Waals surface area contributed by atoms with E-state index in [4.69, 9.17) is 0 Å². The van der Waals surface area contributed by atoms with Crippen molar-refractivity contribution in [3.8, 4) is 0 Å². The van der Waals surface area contributed by atoms with Crippen LogP contribution in [0.25, 0.3) is 0 Å². The Morgan fingerprint density at radius 3 is 2.41 bits per heavy atom. The molecule has 0 bridgehead atoms. The first-order valence-corrected chi connectivity index (χ1v) is 11.2. The Morgan fingerprint density at radius 2 is 1.78 bits per heavy atom.